The highest BCUT2D eigenvalue weighted by atomic mass is 16.4. The zero-order valence-electron chi connectivity index (χ0n) is 7.32. The number of benzene rings is 1. The molecule has 0 amide bonds. The van der Waals surface area contributed by atoms with Gasteiger partial charge < -0.3 is 5.11 Å². The first kappa shape index (κ1) is 9.70. The average Bonchev–Trinajstić information content (AvgIpc) is 2.09. The summed E-state index contributed by atoms with van der Waals surface area (Å²) in [4.78, 5) is 10.7. The predicted molar refractivity (Wildman–Crippen MR) is 48.9 cm³/mol. The molecule has 0 fully saturated rings. The maximum absolute atomic E-state index is 10.7. The minimum atomic E-state index is -0.980. The highest BCUT2D eigenvalue weighted by Gasteiger charge is 2.16. The van der Waals surface area contributed by atoms with E-state index in [0.717, 1.165) is 5.56 Å². The molecule has 4 heteroatoms. The van der Waals surface area contributed by atoms with Crippen LogP contribution in [0.5, 0.6) is 0 Å². The molecular formula is C9H12N2O2. The number of rotatable bonds is 3. The molecule has 0 aliphatic carbocycles. The molecule has 1 rings (SSSR count). The van der Waals surface area contributed by atoms with Crippen molar-refractivity contribution < 1.29 is 9.90 Å². The van der Waals surface area contributed by atoms with Crippen LogP contribution in [-0.2, 0) is 4.79 Å². The monoisotopic (exact) mass is 180 g/mol. The van der Waals surface area contributed by atoms with E-state index in [1.54, 1.807) is 12.1 Å². The summed E-state index contributed by atoms with van der Waals surface area (Å²) in [5.41, 5.74) is 3.98. The number of nitrogens with one attached hydrogen (secondary N) is 1. The van der Waals surface area contributed by atoms with E-state index in [4.69, 9.17) is 10.9 Å². The fourth-order valence-corrected chi connectivity index (χ4v) is 1.07. The van der Waals surface area contributed by atoms with Crippen LogP contribution in [0.25, 0.3) is 0 Å². The van der Waals surface area contributed by atoms with Crippen molar-refractivity contribution in [2.45, 2.75) is 13.0 Å². The third-order valence-electron chi connectivity index (χ3n) is 1.82. The standard InChI is InChI=1S/C9H12N2O2/c1-6-2-4-7(5-3-6)8(11-10)9(12)13/h2-5,8,11H,10H2,1H3,(H,12,13). The normalized spacial score (nSPS) is 12.5. The maximum Gasteiger partial charge on any atom is 0.326 e. The van der Waals surface area contributed by atoms with Gasteiger partial charge in [0.25, 0.3) is 0 Å². The molecule has 0 saturated heterocycles. The van der Waals surface area contributed by atoms with Crippen LogP contribution in [0.1, 0.15) is 17.2 Å². The Bertz CT molecular complexity index is 295. The zero-order chi connectivity index (χ0) is 9.84. The van der Waals surface area contributed by atoms with E-state index >= 15 is 0 Å². The molecule has 0 heterocycles. The first-order valence-electron chi connectivity index (χ1n) is 3.90. The van der Waals surface area contributed by atoms with E-state index in [2.05, 4.69) is 5.43 Å². The van der Waals surface area contributed by atoms with E-state index in [0.29, 0.717) is 5.56 Å². The van der Waals surface area contributed by atoms with E-state index in [1.165, 1.54) is 0 Å². The second-order valence-electron chi connectivity index (χ2n) is 2.85. The molecule has 1 aromatic rings. The lowest BCUT2D eigenvalue weighted by Gasteiger charge is -2.10. The first-order valence-corrected chi connectivity index (χ1v) is 3.90. The highest BCUT2D eigenvalue weighted by Crippen LogP contribution is 2.12. The SMILES string of the molecule is Cc1ccc(C(NN)C(=O)O)cc1. The van der Waals surface area contributed by atoms with E-state index in [1.807, 2.05) is 19.1 Å². The lowest BCUT2D eigenvalue weighted by molar-refractivity contribution is -0.139. The van der Waals surface area contributed by atoms with Crippen molar-refractivity contribution in [1.29, 1.82) is 0 Å². The Balaban J connectivity index is 2.92. The van der Waals surface area contributed by atoms with Gasteiger partial charge in [0.05, 0.1) is 0 Å². The van der Waals surface area contributed by atoms with Crippen LogP contribution in [0.2, 0.25) is 0 Å². The number of hydrogen-bond acceptors (Lipinski definition) is 3. The maximum atomic E-state index is 10.7. The van der Waals surface area contributed by atoms with Gasteiger partial charge in [-0.15, -0.1) is 0 Å². The average molecular weight is 180 g/mol. The number of aliphatic carboxylic acids is 1. The van der Waals surface area contributed by atoms with E-state index in [-0.39, 0.29) is 0 Å². The van der Waals surface area contributed by atoms with Crippen molar-refractivity contribution in [1.82, 2.24) is 5.43 Å². The summed E-state index contributed by atoms with van der Waals surface area (Å²) in [6, 6.07) is 6.35. The second-order valence-corrected chi connectivity index (χ2v) is 2.85. The molecule has 0 saturated carbocycles. The molecule has 1 atom stereocenters. The van der Waals surface area contributed by atoms with Crippen LogP contribution < -0.4 is 11.3 Å². The predicted octanol–water partition coefficient (Wildman–Crippen LogP) is 0.584. The third kappa shape index (κ3) is 2.27. The van der Waals surface area contributed by atoms with Gasteiger partial charge in [-0.3, -0.25) is 10.6 Å². The van der Waals surface area contributed by atoms with Gasteiger partial charge in [-0.25, -0.2) is 5.43 Å². The van der Waals surface area contributed by atoms with Gasteiger partial charge in [0.15, 0.2) is 0 Å². The first-order chi connectivity index (χ1) is 6.15. The second kappa shape index (κ2) is 4.02. The van der Waals surface area contributed by atoms with Gasteiger partial charge in [-0.2, -0.15) is 0 Å². The number of nitrogens with two attached hydrogens (primary N) is 1. The van der Waals surface area contributed by atoms with Gasteiger partial charge in [0, 0.05) is 0 Å². The van der Waals surface area contributed by atoms with Crippen LogP contribution >= 0.6 is 0 Å². The summed E-state index contributed by atoms with van der Waals surface area (Å²) in [5, 5.41) is 8.75. The molecule has 0 aromatic heterocycles. The zero-order valence-corrected chi connectivity index (χ0v) is 7.32. The summed E-state index contributed by atoms with van der Waals surface area (Å²) in [5.74, 6) is 4.13. The van der Waals surface area contributed by atoms with Crippen molar-refractivity contribution in [3.8, 4) is 0 Å². The third-order valence-corrected chi connectivity index (χ3v) is 1.82. The number of aryl methyl sites for hydroxylation is 1. The molecule has 0 bridgehead atoms. The Labute approximate surface area is 76.3 Å². The summed E-state index contributed by atoms with van der Waals surface area (Å²) in [7, 11) is 0. The fourth-order valence-electron chi connectivity index (χ4n) is 1.07. The van der Waals surface area contributed by atoms with Crippen molar-refractivity contribution in [2.75, 3.05) is 0 Å². The number of carboxylic acids is 1. The van der Waals surface area contributed by atoms with Gasteiger partial charge in [0.1, 0.15) is 6.04 Å². The fraction of sp³-hybridized carbons (Fsp3) is 0.222. The van der Waals surface area contributed by atoms with Crippen LogP contribution in [-0.4, -0.2) is 11.1 Å². The topological polar surface area (TPSA) is 75.3 Å². The Morgan fingerprint density at radius 1 is 1.46 bits per heavy atom. The summed E-state index contributed by atoms with van der Waals surface area (Å²) < 4.78 is 0. The molecule has 0 radical (unpaired) electrons. The van der Waals surface area contributed by atoms with Crippen LogP contribution in [0.4, 0.5) is 0 Å². The number of carboxylic acid groups (broad SMARTS) is 1. The van der Waals surface area contributed by atoms with Gasteiger partial charge >= 0.3 is 5.97 Å². The van der Waals surface area contributed by atoms with Crippen molar-refractivity contribution in [3.63, 3.8) is 0 Å². The Morgan fingerprint density at radius 2 is 2.00 bits per heavy atom. The van der Waals surface area contributed by atoms with Gasteiger partial charge in [-0.05, 0) is 12.5 Å². The van der Waals surface area contributed by atoms with Crippen LogP contribution in [0, 0.1) is 6.92 Å². The number of hydrazine groups is 1. The molecule has 4 nitrogen and oxygen atoms in total. The minimum Gasteiger partial charge on any atom is -0.480 e. The van der Waals surface area contributed by atoms with Gasteiger partial charge in [0.2, 0.25) is 0 Å². The lowest BCUT2D eigenvalue weighted by Crippen LogP contribution is -2.33. The van der Waals surface area contributed by atoms with Crippen molar-refractivity contribution in [3.05, 3.63) is 35.4 Å². The highest BCUT2D eigenvalue weighted by molar-refractivity contribution is 5.75. The molecule has 4 N–H and O–H groups in total. The Kier molecular flexibility index (Phi) is 3.00. The Morgan fingerprint density at radius 3 is 2.38 bits per heavy atom. The largest absolute Gasteiger partial charge is 0.480 e. The summed E-state index contributed by atoms with van der Waals surface area (Å²) in [6.07, 6.45) is 0. The van der Waals surface area contributed by atoms with E-state index in [9.17, 15) is 4.79 Å². The molecule has 1 unspecified atom stereocenters. The molecule has 1 aromatic carbocycles. The summed E-state index contributed by atoms with van der Waals surface area (Å²) >= 11 is 0. The molecular weight excluding hydrogens is 168 g/mol. The summed E-state index contributed by atoms with van der Waals surface area (Å²) in [6.45, 7) is 1.94. The molecule has 0 aliphatic rings. The van der Waals surface area contributed by atoms with Crippen molar-refractivity contribution in [2.24, 2.45) is 5.84 Å². The van der Waals surface area contributed by atoms with Gasteiger partial charge in [-0.1, -0.05) is 29.8 Å². The number of carbonyl (C=O) groups is 1. The van der Waals surface area contributed by atoms with Crippen LogP contribution in [0.15, 0.2) is 24.3 Å². The molecule has 13 heavy (non-hydrogen) atoms. The quantitative estimate of drug-likeness (QED) is 0.470. The molecule has 70 valence electrons. The lowest BCUT2D eigenvalue weighted by atomic mass is 10.1. The Hall–Kier alpha value is -1.39. The van der Waals surface area contributed by atoms with Crippen LogP contribution in [0.3, 0.4) is 0 Å². The smallest absolute Gasteiger partial charge is 0.326 e. The van der Waals surface area contributed by atoms with Crippen molar-refractivity contribution >= 4 is 5.97 Å². The molecule has 0 spiro atoms. The number of hydrogen-bond donors (Lipinski definition) is 3. The van der Waals surface area contributed by atoms with E-state index < -0.39 is 12.0 Å². The molecule has 0 aliphatic heterocycles. The minimum absolute atomic E-state index is 0.653.